The number of benzene rings is 1. The third-order valence-corrected chi connectivity index (χ3v) is 3.42. The lowest BCUT2D eigenvalue weighted by Crippen LogP contribution is -2.27. The van der Waals surface area contributed by atoms with Crippen molar-refractivity contribution in [2.45, 2.75) is 33.0 Å². The Bertz CT molecular complexity index is 933. The SMILES string of the molecule is COC(=O)c1cc(C#Cc2ccc(OCC(=O)OC(C)(C)C)cc2)cc(CO)n1. The van der Waals surface area contributed by atoms with Gasteiger partial charge in [-0.05, 0) is 57.2 Å². The van der Waals surface area contributed by atoms with Crippen LogP contribution in [0.25, 0.3) is 0 Å². The van der Waals surface area contributed by atoms with Crippen LogP contribution in [0.1, 0.15) is 48.1 Å². The minimum Gasteiger partial charge on any atom is -0.482 e. The van der Waals surface area contributed by atoms with Gasteiger partial charge in [-0.25, -0.2) is 14.6 Å². The molecule has 0 radical (unpaired) electrons. The number of esters is 2. The van der Waals surface area contributed by atoms with Crippen LogP contribution in [-0.4, -0.2) is 41.3 Å². The minimum atomic E-state index is -0.602. The van der Waals surface area contributed by atoms with E-state index in [-0.39, 0.29) is 18.9 Å². The third-order valence-electron chi connectivity index (χ3n) is 3.42. The van der Waals surface area contributed by atoms with Crippen molar-refractivity contribution in [2.24, 2.45) is 0 Å². The van der Waals surface area contributed by atoms with Gasteiger partial charge in [0.1, 0.15) is 17.0 Å². The lowest BCUT2D eigenvalue weighted by atomic mass is 10.1. The summed E-state index contributed by atoms with van der Waals surface area (Å²) >= 11 is 0. The fourth-order valence-electron chi connectivity index (χ4n) is 2.24. The number of aliphatic hydroxyl groups excluding tert-OH is 1. The quantitative estimate of drug-likeness (QED) is 0.612. The molecule has 7 heteroatoms. The van der Waals surface area contributed by atoms with Gasteiger partial charge in [-0.1, -0.05) is 11.8 Å². The predicted octanol–water partition coefficient (Wildman–Crippen LogP) is 2.48. The summed E-state index contributed by atoms with van der Waals surface area (Å²) in [6, 6.07) is 9.97. The van der Waals surface area contributed by atoms with Crippen LogP contribution in [0, 0.1) is 11.8 Å². The summed E-state index contributed by atoms with van der Waals surface area (Å²) < 4.78 is 15.2. The number of aromatic nitrogens is 1. The molecule has 1 N–H and O–H groups in total. The highest BCUT2D eigenvalue weighted by Gasteiger charge is 2.16. The molecular weight excluding hydrogens is 374 g/mol. The first-order chi connectivity index (χ1) is 13.7. The van der Waals surface area contributed by atoms with E-state index in [0.29, 0.717) is 22.6 Å². The van der Waals surface area contributed by atoms with E-state index < -0.39 is 17.5 Å². The number of aliphatic hydroxyl groups is 1. The second kappa shape index (κ2) is 9.71. The van der Waals surface area contributed by atoms with Gasteiger partial charge in [-0.3, -0.25) is 0 Å². The normalized spacial score (nSPS) is 10.5. The molecule has 152 valence electrons. The monoisotopic (exact) mass is 397 g/mol. The van der Waals surface area contributed by atoms with E-state index in [1.54, 1.807) is 51.1 Å². The molecular formula is C22H23NO6. The van der Waals surface area contributed by atoms with Crippen LogP contribution in [0.3, 0.4) is 0 Å². The Labute approximate surface area is 169 Å². The number of methoxy groups -OCH3 is 1. The number of ether oxygens (including phenoxy) is 3. The van der Waals surface area contributed by atoms with Crippen molar-refractivity contribution in [3.05, 3.63) is 58.9 Å². The molecule has 0 spiro atoms. The maximum Gasteiger partial charge on any atom is 0.356 e. The Morgan fingerprint density at radius 1 is 1.07 bits per heavy atom. The fraction of sp³-hybridized carbons (Fsp3) is 0.318. The zero-order valence-corrected chi connectivity index (χ0v) is 16.8. The van der Waals surface area contributed by atoms with E-state index in [2.05, 4.69) is 21.6 Å². The molecule has 0 saturated carbocycles. The number of pyridine rings is 1. The highest BCUT2D eigenvalue weighted by Crippen LogP contribution is 2.13. The summed E-state index contributed by atoms with van der Waals surface area (Å²) in [6.07, 6.45) is 0. The smallest absolute Gasteiger partial charge is 0.356 e. The van der Waals surface area contributed by atoms with Gasteiger partial charge in [-0.15, -0.1) is 0 Å². The van der Waals surface area contributed by atoms with Gasteiger partial charge in [0.15, 0.2) is 6.61 Å². The van der Waals surface area contributed by atoms with Crippen molar-refractivity contribution in [2.75, 3.05) is 13.7 Å². The summed E-state index contributed by atoms with van der Waals surface area (Å²) in [5, 5.41) is 9.30. The number of carbonyl (C=O) groups is 2. The van der Waals surface area contributed by atoms with Crippen LogP contribution in [-0.2, 0) is 20.9 Å². The Morgan fingerprint density at radius 2 is 1.72 bits per heavy atom. The van der Waals surface area contributed by atoms with Crippen LogP contribution in [0.2, 0.25) is 0 Å². The molecule has 0 bridgehead atoms. The molecule has 0 unspecified atom stereocenters. The molecule has 0 aliphatic heterocycles. The lowest BCUT2D eigenvalue weighted by Gasteiger charge is -2.19. The fourth-order valence-corrected chi connectivity index (χ4v) is 2.24. The number of hydrogen-bond donors (Lipinski definition) is 1. The molecule has 29 heavy (non-hydrogen) atoms. The first-order valence-corrected chi connectivity index (χ1v) is 8.87. The van der Waals surface area contributed by atoms with Gasteiger partial charge < -0.3 is 19.3 Å². The van der Waals surface area contributed by atoms with E-state index in [4.69, 9.17) is 9.47 Å². The third kappa shape index (κ3) is 7.28. The highest BCUT2D eigenvalue weighted by molar-refractivity contribution is 5.87. The van der Waals surface area contributed by atoms with Crippen molar-refractivity contribution < 1.29 is 28.9 Å². The van der Waals surface area contributed by atoms with E-state index in [9.17, 15) is 14.7 Å². The molecule has 1 aromatic carbocycles. The Hall–Kier alpha value is -3.37. The molecule has 2 rings (SSSR count). The zero-order chi connectivity index (χ0) is 21.4. The van der Waals surface area contributed by atoms with E-state index in [1.807, 2.05) is 0 Å². The number of nitrogens with zero attached hydrogens (tertiary/aromatic N) is 1. The van der Waals surface area contributed by atoms with Crippen LogP contribution in [0.5, 0.6) is 5.75 Å². The van der Waals surface area contributed by atoms with E-state index in [1.165, 1.54) is 13.2 Å². The standard InChI is InChI=1S/C22H23NO6/c1-22(2,3)29-20(25)14-28-18-9-7-15(8-10-18)5-6-16-11-17(13-24)23-19(12-16)21(26)27-4/h7-12,24H,13-14H2,1-4H3. The molecule has 0 atom stereocenters. The van der Waals surface area contributed by atoms with Crippen LogP contribution >= 0.6 is 0 Å². The van der Waals surface area contributed by atoms with E-state index >= 15 is 0 Å². The molecule has 1 aromatic heterocycles. The first kappa shape index (κ1) is 21.9. The summed E-state index contributed by atoms with van der Waals surface area (Å²) in [7, 11) is 1.26. The van der Waals surface area contributed by atoms with Crippen molar-refractivity contribution in [3.63, 3.8) is 0 Å². The van der Waals surface area contributed by atoms with Gasteiger partial charge in [0.25, 0.3) is 0 Å². The van der Waals surface area contributed by atoms with Gasteiger partial charge in [0.2, 0.25) is 0 Å². The van der Waals surface area contributed by atoms with Crippen molar-refractivity contribution in [1.82, 2.24) is 4.98 Å². The molecule has 0 saturated heterocycles. The molecule has 7 nitrogen and oxygen atoms in total. The maximum absolute atomic E-state index is 11.7. The summed E-state index contributed by atoms with van der Waals surface area (Å²) in [6.45, 7) is 4.87. The molecule has 0 aliphatic rings. The van der Waals surface area contributed by atoms with E-state index in [0.717, 1.165) is 0 Å². The second-order valence-corrected chi connectivity index (χ2v) is 7.03. The first-order valence-electron chi connectivity index (χ1n) is 8.87. The largest absolute Gasteiger partial charge is 0.482 e. The maximum atomic E-state index is 11.7. The number of hydrogen-bond acceptors (Lipinski definition) is 7. The Kier molecular flexibility index (Phi) is 7.34. The zero-order valence-electron chi connectivity index (χ0n) is 16.8. The Balaban J connectivity index is 2.06. The van der Waals surface area contributed by atoms with Crippen LogP contribution < -0.4 is 4.74 Å². The summed E-state index contributed by atoms with van der Waals surface area (Å²) in [5.41, 5.74) is 1.07. The van der Waals surface area contributed by atoms with Crippen molar-refractivity contribution >= 4 is 11.9 Å². The molecule has 0 fully saturated rings. The molecule has 0 aliphatic carbocycles. The van der Waals surface area contributed by atoms with Crippen LogP contribution in [0.4, 0.5) is 0 Å². The van der Waals surface area contributed by atoms with Gasteiger partial charge in [0, 0.05) is 11.1 Å². The average Bonchev–Trinajstić information content (AvgIpc) is 2.69. The van der Waals surface area contributed by atoms with Gasteiger partial charge in [0.05, 0.1) is 19.4 Å². The average molecular weight is 397 g/mol. The van der Waals surface area contributed by atoms with Crippen LogP contribution in [0.15, 0.2) is 36.4 Å². The summed E-state index contributed by atoms with van der Waals surface area (Å²) in [4.78, 5) is 27.4. The number of rotatable bonds is 5. The highest BCUT2D eigenvalue weighted by atomic mass is 16.6. The Morgan fingerprint density at radius 3 is 2.31 bits per heavy atom. The molecule has 1 heterocycles. The lowest BCUT2D eigenvalue weighted by molar-refractivity contribution is -0.157. The second-order valence-electron chi connectivity index (χ2n) is 7.03. The molecule has 0 amide bonds. The topological polar surface area (TPSA) is 95.0 Å². The number of carbonyl (C=O) groups excluding carboxylic acids is 2. The van der Waals surface area contributed by atoms with Gasteiger partial charge >= 0.3 is 11.9 Å². The predicted molar refractivity (Wildman–Crippen MR) is 105 cm³/mol. The van der Waals surface area contributed by atoms with Gasteiger partial charge in [-0.2, -0.15) is 0 Å². The van der Waals surface area contributed by atoms with Crippen molar-refractivity contribution in [3.8, 4) is 17.6 Å². The molecule has 2 aromatic rings. The summed E-state index contributed by atoms with van der Waals surface area (Å²) in [5.74, 6) is 5.36. The minimum absolute atomic E-state index is 0.0780. The van der Waals surface area contributed by atoms with Crippen molar-refractivity contribution in [1.29, 1.82) is 0 Å².